The van der Waals surface area contributed by atoms with E-state index in [1.54, 1.807) is 17.5 Å². The lowest BCUT2D eigenvalue weighted by Crippen LogP contribution is -1.89. The van der Waals surface area contributed by atoms with Crippen molar-refractivity contribution >= 4 is 11.3 Å². The largest absolute Gasteiger partial charge is 0.255 e. The minimum atomic E-state index is 0.911. The molecule has 18 heavy (non-hydrogen) atoms. The van der Waals surface area contributed by atoms with E-state index >= 15 is 0 Å². The van der Waals surface area contributed by atoms with Gasteiger partial charge in [0.05, 0.1) is 22.0 Å². The van der Waals surface area contributed by atoms with Gasteiger partial charge < -0.3 is 0 Å². The summed E-state index contributed by atoms with van der Waals surface area (Å²) < 4.78 is 0. The van der Waals surface area contributed by atoms with Crippen molar-refractivity contribution < 1.29 is 0 Å². The Bertz CT molecular complexity index is 659. The van der Waals surface area contributed by atoms with Crippen molar-refractivity contribution in [2.45, 2.75) is 6.92 Å². The molecule has 0 N–H and O–H groups in total. The van der Waals surface area contributed by atoms with Crippen molar-refractivity contribution in [1.29, 1.82) is 0 Å². The number of aromatic nitrogens is 2. The molecule has 0 amide bonds. The molecule has 0 saturated carbocycles. The Morgan fingerprint density at radius 3 is 2.44 bits per heavy atom. The Hall–Kier alpha value is -2.00. The van der Waals surface area contributed by atoms with Gasteiger partial charge in [-0.25, -0.2) is 4.98 Å². The van der Waals surface area contributed by atoms with E-state index in [2.05, 4.69) is 23.4 Å². The second-order valence-corrected chi connectivity index (χ2v) is 4.97. The summed E-state index contributed by atoms with van der Waals surface area (Å²) in [5.74, 6) is 0. The predicted octanol–water partition coefficient (Wildman–Crippen LogP) is 4.18. The number of hydrogen-bond acceptors (Lipinski definition) is 3. The molecule has 0 radical (unpaired) electrons. The van der Waals surface area contributed by atoms with E-state index in [1.807, 2.05) is 36.4 Å². The lowest BCUT2D eigenvalue weighted by molar-refractivity contribution is 1.25. The highest BCUT2D eigenvalue weighted by molar-refractivity contribution is 7.13. The van der Waals surface area contributed by atoms with Gasteiger partial charge >= 0.3 is 0 Å². The average molecular weight is 252 g/mol. The maximum Gasteiger partial charge on any atom is 0.0894 e. The smallest absolute Gasteiger partial charge is 0.0894 e. The van der Waals surface area contributed by atoms with E-state index < -0.39 is 0 Å². The highest BCUT2D eigenvalue weighted by atomic mass is 32.1. The fourth-order valence-corrected chi connectivity index (χ4v) is 2.75. The molecule has 0 aromatic carbocycles. The van der Waals surface area contributed by atoms with E-state index in [1.165, 1.54) is 10.4 Å². The summed E-state index contributed by atoms with van der Waals surface area (Å²) in [7, 11) is 0. The second-order valence-electron chi connectivity index (χ2n) is 4.06. The van der Waals surface area contributed by atoms with Gasteiger partial charge in [-0.05, 0) is 48.2 Å². The molecule has 0 bridgehead atoms. The van der Waals surface area contributed by atoms with E-state index in [0.29, 0.717) is 0 Å². The Labute approximate surface area is 110 Å². The SMILES string of the molecule is Cc1ccsc1-c1cccc(-c2ccccn2)n1. The van der Waals surface area contributed by atoms with Gasteiger partial charge in [-0.1, -0.05) is 12.1 Å². The molecule has 3 rings (SSSR count). The molecule has 0 saturated heterocycles. The summed E-state index contributed by atoms with van der Waals surface area (Å²) in [5.41, 5.74) is 4.12. The molecule has 3 aromatic rings. The molecule has 3 aromatic heterocycles. The number of thiophene rings is 1. The minimum absolute atomic E-state index is 0.911. The molecule has 0 aliphatic heterocycles. The van der Waals surface area contributed by atoms with Crippen LogP contribution in [-0.2, 0) is 0 Å². The third-order valence-electron chi connectivity index (χ3n) is 2.77. The zero-order valence-electron chi connectivity index (χ0n) is 10.00. The van der Waals surface area contributed by atoms with Gasteiger partial charge in [-0.2, -0.15) is 0 Å². The van der Waals surface area contributed by atoms with Gasteiger partial charge in [0.25, 0.3) is 0 Å². The highest BCUT2D eigenvalue weighted by Crippen LogP contribution is 2.28. The molecule has 0 spiro atoms. The van der Waals surface area contributed by atoms with E-state index in [9.17, 15) is 0 Å². The zero-order chi connectivity index (χ0) is 12.4. The molecule has 2 nitrogen and oxygen atoms in total. The number of pyridine rings is 2. The molecule has 88 valence electrons. The lowest BCUT2D eigenvalue weighted by Gasteiger charge is -2.03. The summed E-state index contributed by atoms with van der Waals surface area (Å²) >= 11 is 1.72. The van der Waals surface area contributed by atoms with Crippen molar-refractivity contribution in [3.8, 4) is 22.0 Å². The number of aryl methyl sites for hydroxylation is 1. The second kappa shape index (κ2) is 4.70. The van der Waals surface area contributed by atoms with Gasteiger partial charge in [0.15, 0.2) is 0 Å². The highest BCUT2D eigenvalue weighted by Gasteiger charge is 2.07. The average Bonchev–Trinajstić information content (AvgIpc) is 2.86. The Morgan fingerprint density at radius 2 is 1.72 bits per heavy atom. The normalized spacial score (nSPS) is 10.5. The van der Waals surface area contributed by atoms with Crippen molar-refractivity contribution in [1.82, 2.24) is 9.97 Å². The molecule has 0 aliphatic carbocycles. The quantitative estimate of drug-likeness (QED) is 0.683. The first kappa shape index (κ1) is 11.1. The van der Waals surface area contributed by atoms with Crippen LogP contribution in [-0.4, -0.2) is 9.97 Å². The maximum atomic E-state index is 4.69. The van der Waals surface area contributed by atoms with Gasteiger partial charge in [0, 0.05) is 6.20 Å². The fraction of sp³-hybridized carbons (Fsp3) is 0.0667. The van der Waals surface area contributed by atoms with Crippen molar-refractivity contribution in [2.75, 3.05) is 0 Å². The molecular formula is C15H12N2S. The fourth-order valence-electron chi connectivity index (χ4n) is 1.85. The zero-order valence-corrected chi connectivity index (χ0v) is 10.8. The monoisotopic (exact) mass is 252 g/mol. The van der Waals surface area contributed by atoms with E-state index in [4.69, 9.17) is 4.98 Å². The minimum Gasteiger partial charge on any atom is -0.255 e. The van der Waals surface area contributed by atoms with Crippen LogP contribution in [0.2, 0.25) is 0 Å². The maximum absolute atomic E-state index is 4.69. The summed E-state index contributed by atoms with van der Waals surface area (Å²) in [4.78, 5) is 10.3. The molecule has 0 atom stereocenters. The molecular weight excluding hydrogens is 240 g/mol. The summed E-state index contributed by atoms with van der Waals surface area (Å²) in [6.45, 7) is 2.11. The molecule has 0 fully saturated rings. The van der Waals surface area contributed by atoms with Crippen LogP contribution >= 0.6 is 11.3 Å². The van der Waals surface area contributed by atoms with Gasteiger partial charge in [0.1, 0.15) is 0 Å². The standard InChI is InChI=1S/C15H12N2S/c1-11-8-10-18-15(11)14-7-4-6-13(17-14)12-5-2-3-9-16-12/h2-10H,1H3. The van der Waals surface area contributed by atoms with E-state index in [-0.39, 0.29) is 0 Å². The molecule has 0 aliphatic rings. The van der Waals surface area contributed by atoms with Crippen LogP contribution in [0.5, 0.6) is 0 Å². The first-order valence-electron chi connectivity index (χ1n) is 5.77. The van der Waals surface area contributed by atoms with Crippen LogP contribution in [0.1, 0.15) is 5.56 Å². The van der Waals surface area contributed by atoms with Gasteiger partial charge in [0.2, 0.25) is 0 Å². The van der Waals surface area contributed by atoms with Crippen molar-refractivity contribution in [2.24, 2.45) is 0 Å². The van der Waals surface area contributed by atoms with Crippen LogP contribution in [0.15, 0.2) is 54.0 Å². The number of nitrogens with zero attached hydrogens (tertiary/aromatic N) is 2. The van der Waals surface area contributed by atoms with Crippen molar-refractivity contribution in [3.63, 3.8) is 0 Å². The Balaban J connectivity index is 2.08. The topological polar surface area (TPSA) is 25.8 Å². The van der Waals surface area contributed by atoms with Crippen LogP contribution in [0, 0.1) is 6.92 Å². The molecule has 3 heterocycles. The number of rotatable bonds is 2. The van der Waals surface area contributed by atoms with Crippen molar-refractivity contribution in [3.05, 3.63) is 59.6 Å². The summed E-state index contributed by atoms with van der Waals surface area (Å²) in [6.07, 6.45) is 1.79. The van der Waals surface area contributed by atoms with Gasteiger partial charge in [-0.3, -0.25) is 4.98 Å². The Morgan fingerprint density at radius 1 is 0.889 bits per heavy atom. The first-order chi connectivity index (χ1) is 8.84. The van der Waals surface area contributed by atoms with Crippen LogP contribution < -0.4 is 0 Å². The van der Waals surface area contributed by atoms with Gasteiger partial charge in [-0.15, -0.1) is 11.3 Å². The van der Waals surface area contributed by atoms with Crippen LogP contribution in [0.25, 0.3) is 22.0 Å². The first-order valence-corrected chi connectivity index (χ1v) is 6.65. The third-order valence-corrected chi connectivity index (χ3v) is 3.81. The number of hydrogen-bond donors (Lipinski definition) is 0. The lowest BCUT2D eigenvalue weighted by atomic mass is 10.2. The third kappa shape index (κ3) is 2.05. The van der Waals surface area contributed by atoms with Crippen LogP contribution in [0.3, 0.4) is 0 Å². The molecule has 0 unspecified atom stereocenters. The Kier molecular flexibility index (Phi) is 2.90. The summed E-state index contributed by atoms with van der Waals surface area (Å²) in [5, 5.41) is 2.10. The predicted molar refractivity (Wildman–Crippen MR) is 75.5 cm³/mol. The molecule has 3 heteroatoms. The summed E-state index contributed by atoms with van der Waals surface area (Å²) in [6, 6.07) is 14.1. The van der Waals surface area contributed by atoms with E-state index in [0.717, 1.165) is 17.1 Å². The van der Waals surface area contributed by atoms with Crippen LogP contribution in [0.4, 0.5) is 0 Å².